The van der Waals surface area contributed by atoms with Gasteiger partial charge in [-0.2, -0.15) is 0 Å². The third kappa shape index (κ3) is 8.53. The number of para-hydroxylation sites is 1. The van der Waals surface area contributed by atoms with Crippen LogP contribution in [0.5, 0.6) is 0 Å². The molecule has 3 N–H and O–H groups in total. The summed E-state index contributed by atoms with van der Waals surface area (Å²) >= 11 is 0. The molecular formula is C25H37N3O5. The van der Waals surface area contributed by atoms with Crippen LogP contribution in [0.3, 0.4) is 0 Å². The maximum Gasteiger partial charge on any atom is 0.407 e. The van der Waals surface area contributed by atoms with Crippen LogP contribution in [0.15, 0.2) is 42.0 Å². The lowest BCUT2D eigenvalue weighted by Crippen LogP contribution is -2.60. The van der Waals surface area contributed by atoms with E-state index in [0.717, 1.165) is 12.8 Å². The molecule has 0 aliphatic heterocycles. The molecule has 1 aromatic rings. The Hall–Kier alpha value is -2.87. The zero-order valence-electron chi connectivity index (χ0n) is 20.4. The van der Waals surface area contributed by atoms with Crippen molar-refractivity contribution in [3.63, 3.8) is 0 Å². The van der Waals surface area contributed by atoms with E-state index in [0.29, 0.717) is 11.3 Å². The largest absolute Gasteiger partial charge is 0.444 e. The Bertz CT molecular complexity index is 843. The molecule has 3 amide bonds. The second kappa shape index (κ2) is 11.8. The van der Waals surface area contributed by atoms with E-state index in [4.69, 9.17) is 9.47 Å². The van der Waals surface area contributed by atoms with Gasteiger partial charge in [-0.25, -0.2) is 4.79 Å². The number of hydrogen-bond donors (Lipinski definition) is 3. The fraction of sp³-hybridized carbons (Fsp3) is 0.560. The van der Waals surface area contributed by atoms with Gasteiger partial charge in [-0.1, -0.05) is 32.0 Å². The van der Waals surface area contributed by atoms with Gasteiger partial charge in [0.05, 0.1) is 24.3 Å². The Morgan fingerprint density at radius 2 is 1.70 bits per heavy atom. The topological polar surface area (TPSA) is 106 Å². The molecule has 8 nitrogen and oxygen atoms in total. The van der Waals surface area contributed by atoms with Crippen LogP contribution >= 0.6 is 0 Å². The summed E-state index contributed by atoms with van der Waals surface area (Å²) in [5.74, 6) is -0.531. The second-order valence-electron chi connectivity index (χ2n) is 9.23. The van der Waals surface area contributed by atoms with Crippen molar-refractivity contribution in [3.05, 3.63) is 42.0 Å². The van der Waals surface area contributed by atoms with Gasteiger partial charge in [0.2, 0.25) is 5.91 Å². The van der Waals surface area contributed by atoms with Crippen molar-refractivity contribution in [1.82, 2.24) is 10.6 Å². The van der Waals surface area contributed by atoms with Crippen LogP contribution in [-0.2, 0) is 19.1 Å². The highest BCUT2D eigenvalue weighted by Gasteiger charge is 2.39. The summed E-state index contributed by atoms with van der Waals surface area (Å²) in [5, 5.41) is 8.63. The number of benzene rings is 1. The first-order chi connectivity index (χ1) is 15.5. The fourth-order valence-electron chi connectivity index (χ4n) is 3.71. The van der Waals surface area contributed by atoms with E-state index >= 15 is 0 Å². The molecule has 0 spiro atoms. The van der Waals surface area contributed by atoms with E-state index in [2.05, 4.69) is 16.0 Å². The molecule has 0 unspecified atom stereocenters. The summed E-state index contributed by atoms with van der Waals surface area (Å²) < 4.78 is 11.7. The van der Waals surface area contributed by atoms with E-state index in [1.165, 1.54) is 6.92 Å². The first-order valence-electron chi connectivity index (χ1n) is 11.5. The molecule has 1 aliphatic rings. The van der Waals surface area contributed by atoms with Gasteiger partial charge in [0.15, 0.2) is 0 Å². The Morgan fingerprint density at radius 3 is 2.24 bits per heavy atom. The van der Waals surface area contributed by atoms with E-state index in [1.54, 1.807) is 39.0 Å². The second-order valence-corrected chi connectivity index (χ2v) is 9.23. The number of nitrogens with one attached hydrogen (secondary N) is 3. The summed E-state index contributed by atoms with van der Waals surface area (Å²) in [6.45, 7) is 10.8. The summed E-state index contributed by atoms with van der Waals surface area (Å²) in [6.07, 6.45) is 2.27. The van der Waals surface area contributed by atoms with E-state index in [9.17, 15) is 14.4 Å². The maximum atomic E-state index is 13.1. The molecule has 0 fully saturated rings. The van der Waals surface area contributed by atoms with Gasteiger partial charge < -0.3 is 25.4 Å². The number of carbonyl (C=O) groups excluding carboxylic acids is 3. The van der Waals surface area contributed by atoms with Gasteiger partial charge >= 0.3 is 6.09 Å². The fourth-order valence-corrected chi connectivity index (χ4v) is 3.71. The van der Waals surface area contributed by atoms with Crippen LogP contribution in [0.2, 0.25) is 0 Å². The highest BCUT2D eigenvalue weighted by Crippen LogP contribution is 2.26. The van der Waals surface area contributed by atoms with Gasteiger partial charge in [-0.05, 0) is 51.8 Å². The number of amides is 3. The monoisotopic (exact) mass is 459 g/mol. The van der Waals surface area contributed by atoms with Crippen molar-refractivity contribution in [3.8, 4) is 0 Å². The van der Waals surface area contributed by atoms with Crippen molar-refractivity contribution >= 4 is 23.6 Å². The Labute approximate surface area is 196 Å². The molecule has 1 aliphatic carbocycles. The van der Waals surface area contributed by atoms with Gasteiger partial charge in [0.25, 0.3) is 5.91 Å². The summed E-state index contributed by atoms with van der Waals surface area (Å²) in [4.78, 5) is 37.6. The molecule has 0 saturated heterocycles. The quantitative estimate of drug-likeness (QED) is 0.546. The third-order valence-electron chi connectivity index (χ3n) is 5.25. The minimum absolute atomic E-state index is 0.0544. The average Bonchev–Trinajstić information content (AvgIpc) is 2.72. The lowest BCUT2D eigenvalue weighted by Gasteiger charge is -2.39. The average molecular weight is 460 g/mol. The normalized spacial score (nSPS) is 20.6. The minimum atomic E-state index is -0.684. The Morgan fingerprint density at radius 1 is 1.06 bits per heavy atom. The minimum Gasteiger partial charge on any atom is -0.444 e. The van der Waals surface area contributed by atoms with Crippen molar-refractivity contribution in [1.29, 1.82) is 0 Å². The van der Waals surface area contributed by atoms with Gasteiger partial charge in [-0.3, -0.25) is 9.59 Å². The predicted octanol–water partition coefficient (Wildman–Crippen LogP) is 3.93. The molecule has 0 saturated carbocycles. The molecule has 3 atom stereocenters. The van der Waals surface area contributed by atoms with Crippen LogP contribution in [-0.4, -0.2) is 47.8 Å². The zero-order valence-corrected chi connectivity index (χ0v) is 20.4. The molecule has 0 bridgehead atoms. The standard InChI is InChI=1S/C25H37N3O5/c1-7-19(8-2)32-21-15-17(23(30)27-18-12-10-9-11-13-18)14-20(22(21)26-16(3)29)28-24(31)33-25(4,5)6/h9-13,15,19-22H,7-8,14H2,1-6H3,(H,26,29)(H,27,30)(H,28,31)/t20-,21+,22+/m0/s1. The molecule has 2 rings (SSSR count). The van der Waals surface area contributed by atoms with E-state index in [-0.39, 0.29) is 24.3 Å². The third-order valence-corrected chi connectivity index (χ3v) is 5.25. The van der Waals surface area contributed by atoms with Gasteiger partial charge in [-0.15, -0.1) is 0 Å². The molecule has 0 heterocycles. The van der Waals surface area contributed by atoms with Crippen molar-refractivity contribution in [2.24, 2.45) is 0 Å². The van der Waals surface area contributed by atoms with Crippen molar-refractivity contribution < 1.29 is 23.9 Å². The zero-order chi connectivity index (χ0) is 24.6. The lowest BCUT2D eigenvalue weighted by atomic mass is 9.87. The van der Waals surface area contributed by atoms with Crippen LogP contribution in [0.1, 0.15) is 60.8 Å². The number of ether oxygens (including phenoxy) is 2. The summed E-state index contributed by atoms with van der Waals surface area (Å²) in [7, 11) is 0. The molecule has 0 aromatic heterocycles. The van der Waals surface area contributed by atoms with E-state index < -0.39 is 29.9 Å². The number of hydrogen-bond acceptors (Lipinski definition) is 5. The molecule has 0 radical (unpaired) electrons. The van der Waals surface area contributed by atoms with Crippen molar-refractivity contribution in [2.75, 3.05) is 5.32 Å². The molecule has 8 heteroatoms. The van der Waals surface area contributed by atoms with Gasteiger partial charge in [0, 0.05) is 24.6 Å². The first kappa shape index (κ1) is 26.4. The van der Waals surface area contributed by atoms with Crippen LogP contribution in [0.4, 0.5) is 10.5 Å². The van der Waals surface area contributed by atoms with Crippen LogP contribution in [0.25, 0.3) is 0 Å². The molecule has 1 aromatic carbocycles. The predicted molar refractivity (Wildman–Crippen MR) is 128 cm³/mol. The van der Waals surface area contributed by atoms with Crippen LogP contribution in [0, 0.1) is 0 Å². The highest BCUT2D eigenvalue weighted by atomic mass is 16.6. The maximum absolute atomic E-state index is 13.1. The SMILES string of the molecule is CCC(CC)O[C@@H]1C=C(C(=O)Nc2ccccc2)C[C@H](NC(=O)OC(C)(C)C)[C@H]1NC(C)=O. The highest BCUT2D eigenvalue weighted by molar-refractivity contribution is 6.04. The molecule has 33 heavy (non-hydrogen) atoms. The number of rotatable bonds is 8. The van der Waals surface area contributed by atoms with E-state index in [1.807, 2.05) is 32.0 Å². The number of anilines is 1. The lowest BCUT2D eigenvalue weighted by molar-refractivity contribution is -0.121. The Kier molecular flexibility index (Phi) is 9.46. The molecular weight excluding hydrogens is 422 g/mol. The number of carbonyl (C=O) groups is 3. The smallest absolute Gasteiger partial charge is 0.407 e. The summed E-state index contributed by atoms with van der Waals surface area (Å²) in [6, 6.07) is 8.00. The number of alkyl carbamates (subject to hydrolysis) is 1. The van der Waals surface area contributed by atoms with Gasteiger partial charge in [0.1, 0.15) is 5.60 Å². The van der Waals surface area contributed by atoms with Crippen molar-refractivity contribution in [2.45, 2.75) is 90.7 Å². The molecule has 182 valence electrons. The Balaban J connectivity index is 2.35. The summed E-state index contributed by atoms with van der Waals surface area (Å²) in [5.41, 5.74) is 0.454. The first-order valence-corrected chi connectivity index (χ1v) is 11.5. The van der Waals surface area contributed by atoms with Crippen LogP contribution < -0.4 is 16.0 Å².